The lowest BCUT2D eigenvalue weighted by atomic mass is 10.1. The van der Waals surface area contributed by atoms with Crippen LogP contribution in [0.15, 0.2) is 35.0 Å². The summed E-state index contributed by atoms with van der Waals surface area (Å²) < 4.78 is 45.8. The molecule has 33 heavy (non-hydrogen) atoms. The molecule has 170 valence electrons. The van der Waals surface area contributed by atoms with E-state index in [1.54, 1.807) is 0 Å². The van der Waals surface area contributed by atoms with Crippen molar-refractivity contribution in [3.63, 3.8) is 0 Å². The average molecular weight is 459 g/mol. The lowest BCUT2D eigenvalue weighted by Gasteiger charge is -2.10. The molecule has 0 unspecified atom stereocenters. The minimum atomic E-state index is -1.20. The van der Waals surface area contributed by atoms with E-state index in [4.69, 9.17) is 13.9 Å². The van der Waals surface area contributed by atoms with E-state index >= 15 is 0 Å². The second-order valence-corrected chi connectivity index (χ2v) is 6.75. The number of halogens is 2. The van der Waals surface area contributed by atoms with Gasteiger partial charge in [-0.25, -0.2) is 13.8 Å². The van der Waals surface area contributed by atoms with Crippen LogP contribution in [0, 0.1) is 21.7 Å². The molecule has 1 N–H and O–H groups in total. The second kappa shape index (κ2) is 8.18. The minimum Gasteiger partial charge on any atom is -0.494 e. The first-order chi connectivity index (χ1) is 15.7. The number of nitrogens with zero attached hydrogens (tertiary/aromatic N) is 4. The molecule has 0 aliphatic rings. The number of carbonyl (C=O) groups excluding carboxylic acids is 1. The quantitative estimate of drug-likeness (QED) is 0.249. The highest BCUT2D eigenvalue weighted by Crippen LogP contribution is 2.34. The molecule has 4 aromatic rings. The van der Waals surface area contributed by atoms with Crippen LogP contribution in [0.25, 0.3) is 11.0 Å². The van der Waals surface area contributed by atoms with Gasteiger partial charge in [0.1, 0.15) is 17.6 Å². The van der Waals surface area contributed by atoms with Crippen LogP contribution >= 0.6 is 0 Å². The highest BCUT2D eigenvalue weighted by Gasteiger charge is 2.28. The number of hydrogen-bond donors (Lipinski definition) is 1. The maximum Gasteiger partial charge on any atom is 0.331 e. The van der Waals surface area contributed by atoms with Crippen LogP contribution in [0.1, 0.15) is 16.1 Å². The fourth-order valence-corrected chi connectivity index (χ4v) is 3.15. The van der Waals surface area contributed by atoms with Crippen LogP contribution in [0.5, 0.6) is 11.5 Å². The normalized spacial score (nSPS) is 10.9. The summed E-state index contributed by atoms with van der Waals surface area (Å²) in [5.74, 6) is -4.47. The number of aromatic nitrogens is 3. The largest absolute Gasteiger partial charge is 0.494 e. The van der Waals surface area contributed by atoms with Gasteiger partial charge in [0, 0.05) is 18.5 Å². The highest BCUT2D eigenvalue weighted by atomic mass is 19.1. The summed E-state index contributed by atoms with van der Waals surface area (Å²) in [5, 5.41) is 18.2. The number of fused-ring (bicyclic) bond motifs is 1. The molecule has 0 aliphatic carbocycles. The van der Waals surface area contributed by atoms with Gasteiger partial charge in [0.05, 0.1) is 25.3 Å². The van der Waals surface area contributed by atoms with E-state index < -0.39 is 27.9 Å². The van der Waals surface area contributed by atoms with E-state index in [0.29, 0.717) is 5.39 Å². The fourth-order valence-electron chi connectivity index (χ4n) is 3.15. The number of rotatable bonds is 7. The van der Waals surface area contributed by atoms with E-state index in [0.717, 1.165) is 20.3 Å². The van der Waals surface area contributed by atoms with Crippen molar-refractivity contribution in [1.29, 1.82) is 0 Å². The Morgan fingerprint density at radius 2 is 1.85 bits per heavy atom. The number of pyridine rings is 1. The monoisotopic (exact) mass is 459 g/mol. The Hall–Kier alpha value is -4.55. The molecule has 4 rings (SSSR count). The van der Waals surface area contributed by atoms with Gasteiger partial charge in [-0.15, -0.1) is 5.10 Å². The molecule has 0 aliphatic heterocycles. The number of benzene rings is 1. The summed E-state index contributed by atoms with van der Waals surface area (Å²) in [7, 11) is 3.85. The molecular weight excluding hydrogens is 444 g/mol. The Morgan fingerprint density at radius 1 is 1.18 bits per heavy atom. The van der Waals surface area contributed by atoms with Gasteiger partial charge in [-0.3, -0.25) is 19.6 Å². The summed E-state index contributed by atoms with van der Waals surface area (Å²) in [4.78, 5) is 27.5. The number of anilines is 2. The van der Waals surface area contributed by atoms with Crippen LogP contribution in [0.2, 0.25) is 0 Å². The Balaban J connectivity index is 1.72. The van der Waals surface area contributed by atoms with E-state index in [1.165, 1.54) is 36.3 Å². The first-order valence-electron chi connectivity index (χ1n) is 9.22. The summed E-state index contributed by atoms with van der Waals surface area (Å²) in [6.07, 6.45) is 2.48. The molecule has 0 fully saturated rings. The van der Waals surface area contributed by atoms with Crippen LogP contribution < -0.4 is 14.8 Å². The number of ether oxygens (including phenoxy) is 2. The van der Waals surface area contributed by atoms with Crippen molar-refractivity contribution in [2.45, 2.75) is 0 Å². The molecule has 3 aromatic heterocycles. The number of hydrogen-bond acceptors (Lipinski definition) is 9. The van der Waals surface area contributed by atoms with Gasteiger partial charge in [-0.2, -0.15) is 0 Å². The number of nitro groups is 1. The number of furan rings is 1. The van der Waals surface area contributed by atoms with Crippen molar-refractivity contribution in [2.24, 2.45) is 7.05 Å². The third-order valence-corrected chi connectivity index (χ3v) is 4.68. The third-order valence-electron chi connectivity index (χ3n) is 4.68. The molecule has 0 spiro atoms. The lowest BCUT2D eigenvalue weighted by molar-refractivity contribution is -0.384. The van der Waals surface area contributed by atoms with Gasteiger partial charge in [-0.05, 0) is 12.1 Å². The first kappa shape index (κ1) is 21.7. The smallest absolute Gasteiger partial charge is 0.331 e. The molecule has 0 saturated carbocycles. The molecule has 1 aromatic carbocycles. The third kappa shape index (κ3) is 3.79. The highest BCUT2D eigenvalue weighted by molar-refractivity contribution is 6.10. The van der Waals surface area contributed by atoms with Gasteiger partial charge in [0.2, 0.25) is 11.6 Å². The van der Waals surface area contributed by atoms with E-state index in [9.17, 15) is 23.7 Å². The van der Waals surface area contributed by atoms with Gasteiger partial charge in [0.25, 0.3) is 0 Å². The van der Waals surface area contributed by atoms with Crippen molar-refractivity contribution in [3.8, 4) is 11.5 Å². The van der Waals surface area contributed by atoms with Gasteiger partial charge in [0.15, 0.2) is 34.5 Å². The number of methoxy groups -OCH3 is 2. The zero-order chi connectivity index (χ0) is 23.9. The van der Waals surface area contributed by atoms with Crippen molar-refractivity contribution < 1.29 is 32.4 Å². The number of carbonyl (C=O) groups is 1. The maximum atomic E-state index is 14.7. The molecular formula is C20H15F2N5O6. The minimum absolute atomic E-state index is 0.0400. The SMILES string of the molecule is COc1cc(OC)c(F)c(C(=O)c2cc3cc(Nc4nn(C)cc4[N+](=O)[O-])ncc3o2)c1F. The van der Waals surface area contributed by atoms with Crippen molar-refractivity contribution in [1.82, 2.24) is 14.8 Å². The molecule has 0 radical (unpaired) electrons. The fraction of sp³-hybridized carbons (Fsp3) is 0.150. The van der Waals surface area contributed by atoms with E-state index in [-0.39, 0.29) is 40.2 Å². The average Bonchev–Trinajstić information content (AvgIpc) is 3.37. The van der Waals surface area contributed by atoms with Crippen molar-refractivity contribution in [3.05, 3.63) is 63.7 Å². The summed E-state index contributed by atoms with van der Waals surface area (Å²) in [6.45, 7) is 0. The molecule has 0 amide bonds. The predicted octanol–water partition coefficient (Wildman–Crippen LogP) is 3.74. The Bertz CT molecular complexity index is 1390. The van der Waals surface area contributed by atoms with E-state index in [2.05, 4.69) is 15.4 Å². The molecule has 13 heteroatoms. The zero-order valence-corrected chi connectivity index (χ0v) is 17.4. The van der Waals surface area contributed by atoms with Crippen LogP contribution in [0.3, 0.4) is 0 Å². The topological polar surface area (TPSA) is 135 Å². The number of nitrogens with one attached hydrogen (secondary N) is 1. The Labute approximate surface area is 183 Å². The van der Waals surface area contributed by atoms with Crippen LogP contribution in [-0.2, 0) is 7.05 Å². The number of aryl methyl sites for hydroxylation is 1. The summed E-state index contributed by atoms with van der Waals surface area (Å²) in [6, 6.07) is 3.69. The number of ketones is 1. The standard InChI is InChI=1S/C20H15F2N5O6/c1-26-8-10(27(29)30)20(25-26)24-15-5-9-4-13(33-14(9)7-23-15)19(28)16-17(21)11(31-2)6-12(32-3)18(16)22/h4-8H,1-3H3,(H,23,24,25). The molecule has 3 heterocycles. The van der Waals surface area contributed by atoms with Crippen LogP contribution in [0.4, 0.5) is 26.1 Å². The van der Waals surface area contributed by atoms with Crippen molar-refractivity contribution in [2.75, 3.05) is 19.5 Å². The van der Waals surface area contributed by atoms with Crippen molar-refractivity contribution >= 4 is 34.1 Å². The Morgan fingerprint density at radius 3 is 2.45 bits per heavy atom. The summed E-state index contributed by atoms with van der Waals surface area (Å²) >= 11 is 0. The first-order valence-corrected chi connectivity index (χ1v) is 9.22. The lowest BCUT2D eigenvalue weighted by Crippen LogP contribution is -2.09. The molecule has 0 saturated heterocycles. The predicted molar refractivity (Wildman–Crippen MR) is 110 cm³/mol. The molecule has 11 nitrogen and oxygen atoms in total. The second-order valence-electron chi connectivity index (χ2n) is 6.75. The van der Waals surface area contributed by atoms with E-state index in [1.807, 2.05) is 0 Å². The van der Waals surface area contributed by atoms with Crippen LogP contribution in [-0.4, -0.2) is 39.7 Å². The molecule has 0 bridgehead atoms. The Kier molecular flexibility index (Phi) is 5.37. The molecule has 0 atom stereocenters. The van der Waals surface area contributed by atoms with Gasteiger partial charge in [-0.1, -0.05) is 0 Å². The summed E-state index contributed by atoms with van der Waals surface area (Å²) in [5.41, 5.74) is -1.02. The van der Waals surface area contributed by atoms with Gasteiger partial charge < -0.3 is 19.2 Å². The van der Waals surface area contributed by atoms with Gasteiger partial charge >= 0.3 is 5.69 Å². The zero-order valence-electron chi connectivity index (χ0n) is 17.4. The maximum absolute atomic E-state index is 14.7.